The normalized spacial score (nSPS) is 10.9. The molecule has 2 N–H and O–H groups in total. The predicted molar refractivity (Wildman–Crippen MR) is 89.9 cm³/mol. The van der Waals surface area contributed by atoms with Crippen LogP contribution < -0.4 is 10.2 Å². The van der Waals surface area contributed by atoms with Crippen molar-refractivity contribution >= 4 is 12.1 Å². The van der Waals surface area contributed by atoms with Gasteiger partial charge in [-0.15, -0.1) is 0 Å². The summed E-state index contributed by atoms with van der Waals surface area (Å²) in [6, 6.07) is 14.4. The molecule has 2 rings (SSSR count). The van der Waals surface area contributed by atoms with Crippen molar-refractivity contribution in [2.24, 2.45) is 5.10 Å². The van der Waals surface area contributed by atoms with Gasteiger partial charge in [-0.3, -0.25) is 4.79 Å². The highest BCUT2D eigenvalue weighted by Crippen LogP contribution is 2.18. The number of nitrogens with one attached hydrogen (secondary N) is 1. The summed E-state index contributed by atoms with van der Waals surface area (Å²) in [5, 5.41) is 13.3. The largest absolute Gasteiger partial charge is 0.507 e. The van der Waals surface area contributed by atoms with Crippen LogP contribution in [0.4, 0.5) is 0 Å². The maximum Gasteiger partial charge on any atom is 0.277 e. The highest BCUT2D eigenvalue weighted by molar-refractivity contribution is 5.85. The molecule has 0 heterocycles. The first-order chi connectivity index (χ1) is 11.1. The van der Waals surface area contributed by atoms with Crippen LogP contribution >= 0.6 is 0 Å². The van der Waals surface area contributed by atoms with Gasteiger partial charge in [0.1, 0.15) is 11.5 Å². The number of rotatable bonds is 6. The number of para-hydroxylation sites is 1. The molecule has 0 aliphatic heterocycles. The molecule has 0 fully saturated rings. The number of ether oxygens (including phenoxy) is 1. The van der Waals surface area contributed by atoms with Crippen LogP contribution in [-0.2, 0) is 4.79 Å². The van der Waals surface area contributed by atoms with E-state index in [2.05, 4.69) is 24.4 Å². The number of nitrogens with zero attached hydrogens (tertiary/aromatic N) is 1. The molecule has 1 amide bonds. The van der Waals surface area contributed by atoms with Gasteiger partial charge in [0.25, 0.3) is 5.91 Å². The molecule has 5 nitrogen and oxygen atoms in total. The fourth-order valence-corrected chi connectivity index (χ4v) is 1.90. The van der Waals surface area contributed by atoms with E-state index in [0.717, 1.165) is 0 Å². The van der Waals surface area contributed by atoms with Crippen LogP contribution in [0.15, 0.2) is 53.6 Å². The fraction of sp³-hybridized carbons (Fsp3) is 0.222. The third-order valence-electron chi connectivity index (χ3n) is 3.25. The van der Waals surface area contributed by atoms with E-state index in [1.807, 2.05) is 24.3 Å². The molecule has 2 aromatic rings. The molecular formula is C18H20N2O3. The molecule has 0 radical (unpaired) electrons. The summed E-state index contributed by atoms with van der Waals surface area (Å²) in [6.07, 6.45) is 1.38. The van der Waals surface area contributed by atoms with Gasteiger partial charge in [0.2, 0.25) is 0 Å². The number of phenols is 1. The van der Waals surface area contributed by atoms with Crippen LogP contribution in [0, 0.1) is 0 Å². The first kappa shape index (κ1) is 16.5. The topological polar surface area (TPSA) is 70.9 Å². The summed E-state index contributed by atoms with van der Waals surface area (Å²) in [5.41, 5.74) is 4.10. The molecule has 23 heavy (non-hydrogen) atoms. The van der Waals surface area contributed by atoms with Crippen molar-refractivity contribution in [2.45, 2.75) is 19.8 Å². The zero-order valence-electron chi connectivity index (χ0n) is 13.2. The number of carbonyl (C=O) groups excluding carboxylic acids is 1. The van der Waals surface area contributed by atoms with Crippen molar-refractivity contribution in [2.75, 3.05) is 6.61 Å². The Balaban J connectivity index is 1.80. The van der Waals surface area contributed by atoms with Crippen LogP contribution in [0.5, 0.6) is 11.5 Å². The number of phenolic OH excluding ortho intramolecular Hbond substituents is 1. The Bertz CT molecular complexity index is 679. The molecule has 0 aliphatic rings. The van der Waals surface area contributed by atoms with Crippen molar-refractivity contribution in [1.29, 1.82) is 0 Å². The van der Waals surface area contributed by atoms with Gasteiger partial charge in [0.15, 0.2) is 6.61 Å². The van der Waals surface area contributed by atoms with Crippen molar-refractivity contribution in [3.05, 3.63) is 59.7 Å². The Morgan fingerprint density at radius 2 is 1.91 bits per heavy atom. The average Bonchev–Trinajstić information content (AvgIpc) is 2.55. The van der Waals surface area contributed by atoms with Gasteiger partial charge in [-0.25, -0.2) is 5.43 Å². The molecule has 0 atom stereocenters. The van der Waals surface area contributed by atoms with Gasteiger partial charge in [-0.2, -0.15) is 5.10 Å². The Morgan fingerprint density at radius 3 is 2.57 bits per heavy atom. The first-order valence-electron chi connectivity index (χ1n) is 7.39. The molecule has 0 unspecified atom stereocenters. The SMILES string of the molecule is CC(C)c1ccc(OCC(=O)NN=Cc2ccccc2O)cc1. The van der Waals surface area contributed by atoms with Gasteiger partial charge in [0.05, 0.1) is 6.21 Å². The fourth-order valence-electron chi connectivity index (χ4n) is 1.90. The van der Waals surface area contributed by atoms with Crippen LogP contribution in [-0.4, -0.2) is 23.8 Å². The smallest absolute Gasteiger partial charge is 0.277 e. The van der Waals surface area contributed by atoms with E-state index in [4.69, 9.17) is 4.74 Å². The number of hydrogen-bond acceptors (Lipinski definition) is 4. The minimum atomic E-state index is -0.371. The highest BCUT2D eigenvalue weighted by Gasteiger charge is 2.03. The quantitative estimate of drug-likeness (QED) is 0.636. The zero-order valence-corrected chi connectivity index (χ0v) is 13.2. The molecule has 0 spiro atoms. The average molecular weight is 312 g/mol. The number of aromatic hydroxyl groups is 1. The van der Waals surface area contributed by atoms with E-state index in [1.165, 1.54) is 11.8 Å². The van der Waals surface area contributed by atoms with Gasteiger partial charge in [-0.1, -0.05) is 38.1 Å². The number of benzene rings is 2. The maximum absolute atomic E-state index is 11.7. The standard InChI is InChI=1S/C18H20N2O3/c1-13(2)14-7-9-16(10-8-14)23-12-18(22)20-19-11-15-5-3-4-6-17(15)21/h3-11,13,21H,12H2,1-2H3,(H,20,22). The van der Waals surface area contributed by atoms with E-state index in [0.29, 0.717) is 17.2 Å². The number of hydrazone groups is 1. The monoisotopic (exact) mass is 312 g/mol. The Labute approximate surface area is 135 Å². The van der Waals surface area contributed by atoms with Crippen molar-refractivity contribution in [3.63, 3.8) is 0 Å². The lowest BCUT2D eigenvalue weighted by Gasteiger charge is -2.08. The van der Waals surface area contributed by atoms with Gasteiger partial charge in [0, 0.05) is 5.56 Å². The molecule has 5 heteroatoms. The summed E-state index contributed by atoms with van der Waals surface area (Å²) in [6.45, 7) is 4.11. The Kier molecular flexibility index (Phi) is 5.74. The number of hydrogen-bond donors (Lipinski definition) is 2. The molecule has 120 valence electrons. The molecule has 2 aromatic carbocycles. The van der Waals surface area contributed by atoms with Crippen molar-refractivity contribution in [1.82, 2.24) is 5.43 Å². The van der Waals surface area contributed by atoms with E-state index in [-0.39, 0.29) is 18.3 Å². The molecular weight excluding hydrogens is 292 g/mol. The Hall–Kier alpha value is -2.82. The molecule has 0 bridgehead atoms. The van der Waals surface area contributed by atoms with E-state index in [9.17, 15) is 9.90 Å². The second kappa shape index (κ2) is 7.98. The summed E-state index contributed by atoms with van der Waals surface area (Å²) >= 11 is 0. The minimum absolute atomic E-state index is 0.104. The van der Waals surface area contributed by atoms with E-state index < -0.39 is 0 Å². The first-order valence-corrected chi connectivity index (χ1v) is 7.39. The van der Waals surface area contributed by atoms with Crippen molar-refractivity contribution < 1.29 is 14.6 Å². The van der Waals surface area contributed by atoms with Gasteiger partial charge >= 0.3 is 0 Å². The van der Waals surface area contributed by atoms with Gasteiger partial charge < -0.3 is 9.84 Å². The zero-order chi connectivity index (χ0) is 16.7. The van der Waals surface area contributed by atoms with Crippen LogP contribution in [0.1, 0.15) is 30.9 Å². The summed E-state index contributed by atoms with van der Waals surface area (Å²) < 4.78 is 5.39. The number of carbonyl (C=O) groups is 1. The maximum atomic E-state index is 11.7. The molecule has 0 saturated carbocycles. The number of amides is 1. The third kappa shape index (κ3) is 5.14. The minimum Gasteiger partial charge on any atom is -0.507 e. The van der Waals surface area contributed by atoms with Crippen LogP contribution in [0.2, 0.25) is 0 Å². The summed E-state index contributed by atoms with van der Waals surface area (Å²) in [4.78, 5) is 11.7. The molecule has 0 aliphatic carbocycles. The summed E-state index contributed by atoms with van der Waals surface area (Å²) in [5.74, 6) is 0.821. The lowest BCUT2D eigenvalue weighted by molar-refractivity contribution is -0.123. The second-order valence-electron chi connectivity index (χ2n) is 5.36. The van der Waals surface area contributed by atoms with E-state index in [1.54, 1.807) is 24.3 Å². The van der Waals surface area contributed by atoms with Crippen molar-refractivity contribution in [3.8, 4) is 11.5 Å². The predicted octanol–water partition coefficient (Wildman–Crippen LogP) is 3.04. The van der Waals surface area contributed by atoms with E-state index >= 15 is 0 Å². The second-order valence-corrected chi connectivity index (χ2v) is 5.36. The molecule has 0 saturated heterocycles. The third-order valence-corrected chi connectivity index (χ3v) is 3.25. The lowest BCUT2D eigenvalue weighted by Crippen LogP contribution is -2.24. The highest BCUT2D eigenvalue weighted by atomic mass is 16.5. The van der Waals surface area contributed by atoms with Crippen LogP contribution in [0.3, 0.4) is 0 Å². The van der Waals surface area contributed by atoms with Crippen LogP contribution in [0.25, 0.3) is 0 Å². The Morgan fingerprint density at radius 1 is 1.22 bits per heavy atom. The summed E-state index contributed by atoms with van der Waals surface area (Å²) in [7, 11) is 0. The van der Waals surface area contributed by atoms with Gasteiger partial charge in [-0.05, 0) is 35.7 Å². The lowest BCUT2D eigenvalue weighted by atomic mass is 10.0. The molecule has 0 aromatic heterocycles.